The molecule has 1 aliphatic heterocycles. The number of hydrogen-bond acceptors (Lipinski definition) is 4. The van der Waals surface area contributed by atoms with Crippen LogP contribution >= 0.6 is 11.8 Å². The van der Waals surface area contributed by atoms with Gasteiger partial charge in [-0.2, -0.15) is 0 Å². The van der Waals surface area contributed by atoms with Crippen molar-refractivity contribution < 1.29 is 4.74 Å². The Kier molecular flexibility index (Phi) is 7.44. The molecule has 0 saturated carbocycles. The summed E-state index contributed by atoms with van der Waals surface area (Å²) in [6.45, 7) is 7.57. The van der Waals surface area contributed by atoms with Gasteiger partial charge in [-0.3, -0.25) is 4.90 Å². The molecule has 20 heavy (non-hydrogen) atoms. The maximum atomic E-state index is 5.37. The summed E-state index contributed by atoms with van der Waals surface area (Å²) in [5.41, 5.74) is 0. The van der Waals surface area contributed by atoms with Crippen LogP contribution in [0.5, 0.6) is 0 Å². The number of morpholine rings is 1. The number of benzene rings is 1. The quantitative estimate of drug-likeness (QED) is 0.684. The van der Waals surface area contributed by atoms with Crippen molar-refractivity contribution in [2.45, 2.75) is 11.3 Å². The molecular formula is C16H26N2OS. The molecule has 0 amide bonds. The van der Waals surface area contributed by atoms with Gasteiger partial charge in [0.25, 0.3) is 0 Å². The maximum absolute atomic E-state index is 5.37. The highest BCUT2D eigenvalue weighted by Gasteiger charge is 2.09. The lowest BCUT2D eigenvalue weighted by molar-refractivity contribution is 0.0365. The standard InChI is InChI=1S/C16H26N2OS/c1-17(8-5-9-18-10-13-19-14-11-18)12-15-20-16-6-3-2-4-7-16/h2-4,6-7H,5,8-15H2,1H3. The van der Waals surface area contributed by atoms with Gasteiger partial charge < -0.3 is 9.64 Å². The maximum Gasteiger partial charge on any atom is 0.0594 e. The van der Waals surface area contributed by atoms with Crippen molar-refractivity contribution in [2.75, 3.05) is 58.7 Å². The van der Waals surface area contributed by atoms with Crippen molar-refractivity contribution in [2.24, 2.45) is 0 Å². The minimum Gasteiger partial charge on any atom is -0.379 e. The lowest BCUT2D eigenvalue weighted by Crippen LogP contribution is -2.38. The van der Waals surface area contributed by atoms with Crippen LogP contribution in [0.4, 0.5) is 0 Å². The number of rotatable bonds is 8. The SMILES string of the molecule is CN(CCCN1CCOCC1)CCSc1ccccc1. The van der Waals surface area contributed by atoms with E-state index in [0.29, 0.717) is 0 Å². The summed E-state index contributed by atoms with van der Waals surface area (Å²) >= 11 is 1.94. The molecule has 1 saturated heterocycles. The number of nitrogens with zero attached hydrogens (tertiary/aromatic N) is 2. The van der Waals surface area contributed by atoms with Crippen LogP contribution in [0, 0.1) is 0 Å². The van der Waals surface area contributed by atoms with Gasteiger partial charge in [0, 0.05) is 30.3 Å². The molecule has 1 fully saturated rings. The highest BCUT2D eigenvalue weighted by atomic mass is 32.2. The van der Waals surface area contributed by atoms with Gasteiger partial charge in [-0.1, -0.05) is 18.2 Å². The molecule has 1 aliphatic rings. The topological polar surface area (TPSA) is 15.7 Å². The van der Waals surface area contributed by atoms with Gasteiger partial charge in [0.05, 0.1) is 13.2 Å². The van der Waals surface area contributed by atoms with E-state index in [-0.39, 0.29) is 0 Å². The zero-order valence-electron chi connectivity index (χ0n) is 12.5. The van der Waals surface area contributed by atoms with Crippen molar-refractivity contribution in [1.82, 2.24) is 9.80 Å². The van der Waals surface area contributed by atoms with Crippen molar-refractivity contribution in [3.05, 3.63) is 30.3 Å². The molecular weight excluding hydrogens is 268 g/mol. The summed E-state index contributed by atoms with van der Waals surface area (Å²) in [5.74, 6) is 1.16. The average Bonchev–Trinajstić information content (AvgIpc) is 2.49. The van der Waals surface area contributed by atoms with Gasteiger partial charge >= 0.3 is 0 Å². The highest BCUT2D eigenvalue weighted by molar-refractivity contribution is 7.99. The molecule has 0 atom stereocenters. The zero-order valence-corrected chi connectivity index (χ0v) is 13.3. The van der Waals surface area contributed by atoms with E-state index in [4.69, 9.17) is 4.74 Å². The second kappa shape index (κ2) is 9.40. The molecule has 1 heterocycles. The van der Waals surface area contributed by atoms with Crippen LogP contribution in [0.25, 0.3) is 0 Å². The summed E-state index contributed by atoms with van der Waals surface area (Å²) in [5, 5.41) is 0. The van der Waals surface area contributed by atoms with Crippen LogP contribution in [-0.4, -0.2) is 68.5 Å². The van der Waals surface area contributed by atoms with Gasteiger partial charge in [-0.25, -0.2) is 0 Å². The monoisotopic (exact) mass is 294 g/mol. The molecule has 112 valence electrons. The third-order valence-corrected chi connectivity index (χ3v) is 4.60. The van der Waals surface area contributed by atoms with Crippen LogP contribution in [0.3, 0.4) is 0 Å². The normalized spacial score (nSPS) is 16.7. The molecule has 4 heteroatoms. The Hall–Kier alpha value is -0.550. The minimum atomic E-state index is 0.906. The van der Waals surface area contributed by atoms with E-state index in [0.717, 1.165) is 38.6 Å². The van der Waals surface area contributed by atoms with Gasteiger partial charge in [-0.05, 0) is 38.7 Å². The molecule has 1 aromatic rings. The van der Waals surface area contributed by atoms with Gasteiger partial charge in [0.2, 0.25) is 0 Å². The molecule has 1 aromatic carbocycles. The first-order chi connectivity index (χ1) is 9.84. The van der Waals surface area contributed by atoms with Crippen LogP contribution in [0.2, 0.25) is 0 Å². The fraction of sp³-hybridized carbons (Fsp3) is 0.625. The summed E-state index contributed by atoms with van der Waals surface area (Å²) in [7, 11) is 2.23. The second-order valence-corrected chi connectivity index (χ2v) is 6.44. The van der Waals surface area contributed by atoms with E-state index in [2.05, 4.69) is 47.2 Å². The minimum absolute atomic E-state index is 0.906. The van der Waals surface area contributed by atoms with E-state index in [1.54, 1.807) is 0 Å². The van der Waals surface area contributed by atoms with Gasteiger partial charge in [0.1, 0.15) is 0 Å². The first kappa shape index (κ1) is 15.8. The number of ether oxygens (including phenoxy) is 1. The Morgan fingerprint density at radius 3 is 2.65 bits per heavy atom. The summed E-state index contributed by atoms with van der Waals surface area (Å²) in [6.07, 6.45) is 1.26. The van der Waals surface area contributed by atoms with E-state index in [9.17, 15) is 0 Å². The lowest BCUT2D eigenvalue weighted by Gasteiger charge is -2.27. The third kappa shape index (κ3) is 6.27. The van der Waals surface area contributed by atoms with Crippen molar-refractivity contribution in [1.29, 1.82) is 0 Å². The lowest BCUT2D eigenvalue weighted by atomic mass is 10.3. The Bertz CT molecular complexity index is 355. The first-order valence-electron chi connectivity index (χ1n) is 7.51. The molecule has 0 aromatic heterocycles. The Morgan fingerprint density at radius 2 is 1.90 bits per heavy atom. The Morgan fingerprint density at radius 1 is 1.15 bits per heavy atom. The molecule has 3 nitrogen and oxygen atoms in total. The molecule has 0 N–H and O–H groups in total. The fourth-order valence-electron chi connectivity index (χ4n) is 2.34. The predicted molar refractivity (Wildman–Crippen MR) is 86.5 cm³/mol. The van der Waals surface area contributed by atoms with Crippen LogP contribution in [-0.2, 0) is 4.74 Å². The van der Waals surface area contributed by atoms with Crippen molar-refractivity contribution in [3.63, 3.8) is 0 Å². The van der Waals surface area contributed by atoms with Gasteiger partial charge in [-0.15, -0.1) is 11.8 Å². The van der Waals surface area contributed by atoms with Crippen molar-refractivity contribution >= 4 is 11.8 Å². The van der Waals surface area contributed by atoms with E-state index in [1.165, 1.54) is 24.4 Å². The molecule has 0 unspecified atom stereocenters. The summed E-state index contributed by atoms with van der Waals surface area (Å²) in [6, 6.07) is 10.6. The summed E-state index contributed by atoms with van der Waals surface area (Å²) in [4.78, 5) is 6.32. The number of thioether (sulfide) groups is 1. The van der Waals surface area contributed by atoms with E-state index < -0.39 is 0 Å². The predicted octanol–water partition coefficient (Wildman–Crippen LogP) is 2.43. The molecule has 2 rings (SSSR count). The smallest absolute Gasteiger partial charge is 0.0594 e. The van der Waals surface area contributed by atoms with E-state index in [1.807, 2.05) is 11.8 Å². The van der Waals surface area contributed by atoms with Crippen LogP contribution < -0.4 is 0 Å². The van der Waals surface area contributed by atoms with Crippen LogP contribution in [0.15, 0.2) is 35.2 Å². The van der Waals surface area contributed by atoms with Gasteiger partial charge in [0.15, 0.2) is 0 Å². The molecule has 0 bridgehead atoms. The first-order valence-corrected chi connectivity index (χ1v) is 8.49. The highest BCUT2D eigenvalue weighted by Crippen LogP contribution is 2.16. The number of hydrogen-bond donors (Lipinski definition) is 0. The fourth-order valence-corrected chi connectivity index (χ4v) is 3.33. The third-order valence-electron chi connectivity index (χ3n) is 3.60. The Balaban J connectivity index is 1.50. The van der Waals surface area contributed by atoms with E-state index >= 15 is 0 Å². The largest absolute Gasteiger partial charge is 0.379 e. The van der Waals surface area contributed by atoms with Crippen molar-refractivity contribution in [3.8, 4) is 0 Å². The average molecular weight is 294 g/mol. The molecule has 0 aliphatic carbocycles. The van der Waals surface area contributed by atoms with Crippen LogP contribution in [0.1, 0.15) is 6.42 Å². The summed E-state index contributed by atoms with van der Waals surface area (Å²) < 4.78 is 5.37. The Labute approximate surface area is 127 Å². The second-order valence-electron chi connectivity index (χ2n) is 5.27. The zero-order chi connectivity index (χ0) is 14.0. The molecule has 0 radical (unpaired) electrons. The molecule has 0 spiro atoms.